The minimum Gasteiger partial charge on any atom is -0.493 e. The Bertz CT molecular complexity index is 854. The Kier molecular flexibility index (Phi) is 6.94. The summed E-state index contributed by atoms with van der Waals surface area (Å²) in [7, 11) is 4.02. The number of alkyl halides is 3. The number of hydrogen-bond acceptors (Lipinski definition) is 3. The van der Waals surface area contributed by atoms with Crippen molar-refractivity contribution in [1.82, 2.24) is 4.90 Å². The van der Waals surface area contributed by atoms with Gasteiger partial charge in [0.25, 0.3) is 0 Å². The average Bonchev–Trinajstić information content (AvgIpc) is 2.72. The first-order valence-corrected chi connectivity index (χ1v) is 10.0. The number of hydrogen-bond donors (Lipinski definition) is 0. The normalized spacial score (nSPS) is 19.9. The van der Waals surface area contributed by atoms with Crippen molar-refractivity contribution in [3.8, 4) is 18.1 Å². The zero-order valence-electron chi connectivity index (χ0n) is 17.3. The lowest BCUT2D eigenvalue weighted by Crippen LogP contribution is -2.42. The third kappa shape index (κ3) is 5.48. The lowest BCUT2D eigenvalue weighted by Gasteiger charge is -2.38. The number of nitrogens with zero attached hydrogens (tertiary/aromatic N) is 2. The van der Waals surface area contributed by atoms with E-state index < -0.39 is 11.7 Å². The molecule has 3 rings (SSSR count). The zero-order chi connectivity index (χ0) is 21.7. The Morgan fingerprint density at radius 3 is 2.33 bits per heavy atom. The maximum Gasteiger partial charge on any atom is 0.416 e. The summed E-state index contributed by atoms with van der Waals surface area (Å²) in [6.07, 6.45) is 2.11. The van der Waals surface area contributed by atoms with Gasteiger partial charge in [0.2, 0.25) is 0 Å². The van der Waals surface area contributed by atoms with Crippen molar-refractivity contribution in [3.63, 3.8) is 0 Å². The molecule has 2 atom stereocenters. The fourth-order valence-electron chi connectivity index (χ4n) is 3.95. The SMILES string of the molecule is C#CCN1CC[C@@H](c2ccc(N(C)C)cc2)[C@H](COc2ccc(C(F)(F)F)cc2)C1. The summed E-state index contributed by atoms with van der Waals surface area (Å²) >= 11 is 0. The summed E-state index contributed by atoms with van der Waals surface area (Å²) < 4.78 is 44.2. The topological polar surface area (TPSA) is 15.7 Å². The highest BCUT2D eigenvalue weighted by Gasteiger charge is 2.32. The molecule has 2 aromatic carbocycles. The molecule has 6 heteroatoms. The van der Waals surface area contributed by atoms with Crippen LogP contribution in [0.3, 0.4) is 0 Å². The van der Waals surface area contributed by atoms with Crippen LogP contribution in [0.1, 0.15) is 23.5 Å². The van der Waals surface area contributed by atoms with Crippen LogP contribution in [0.4, 0.5) is 18.9 Å². The molecule has 0 unspecified atom stereocenters. The van der Waals surface area contributed by atoms with Crippen molar-refractivity contribution in [3.05, 3.63) is 59.7 Å². The van der Waals surface area contributed by atoms with Crippen LogP contribution in [0.15, 0.2) is 48.5 Å². The second kappa shape index (κ2) is 9.44. The van der Waals surface area contributed by atoms with Crippen LogP contribution in [0, 0.1) is 18.3 Å². The van der Waals surface area contributed by atoms with E-state index >= 15 is 0 Å². The number of piperidine rings is 1. The molecular formula is C24H27F3N2O. The number of likely N-dealkylation sites (tertiary alicyclic amines) is 1. The molecule has 1 heterocycles. The third-order valence-corrected chi connectivity index (χ3v) is 5.62. The molecule has 30 heavy (non-hydrogen) atoms. The zero-order valence-corrected chi connectivity index (χ0v) is 17.3. The van der Waals surface area contributed by atoms with E-state index in [4.69, 9.17) is 11.2 Å². The van der Waals surface area contributed by atoms with Crippen molar-refractivity contribution >= 4 is 5.69 Å². The predicted molar refractivity (Wildman–Crippen MR) is 114 cm³/mol. The Morgan fingerprint density at radius 2 is 1.77 bits per heavy atom. The maximum absolute atomic E-state index is 12.8. The number of anilines is 1. The fraction of sp³-hybridized carbons (Fsp3) is 0.417. The van der Waals surface area contributed by atoms with Gasteiger partial charge in [0.05, 0.1) is 18.7 Å². The Balaban J connectivity index is 1.72. The van der Waals surface area contributed by atoms with Crippen LogP contribution in [0.2, 0.25) is 0 Å². The molecule has 160 valence electrons. The number of rotatable bonds is 6. The van der Waals surface area contributed by atoms with E-state index in [1.54, 1.807) is 0 Å². The lowest BCUT2D eigenvalue weighted by atomic mass is 9.80. The van der Waals surface area contributed by atoms with E-state index in [0.29, 0.717) is 24.8 Å². The molecule has 0 spiro atoms. The molecule has 1 saturated heterocycles. The van der Waals surface area contributed by atoms with Crippen LogP contribution in [0.5, 0.6) is 5.75 Å². The van der Waals surface area contributed by atoms with Crippen molar-refractivity contribution in [1.29, 1.82) is 0 Å². The molecule has 1 fully saturated rings. The molecule has 1 aliphatic heterocycles. The maximum atomic E-state index is 12.8. The number of ether oxygens (including phenoxy) is 1. The summed E-state index contributed by atoms with van der Waals surface area (Å²) in [4.78, 5) is 4.29. The van der Waals surface area contributed by atoms with E-state index in [-0.39, 0.29) is 5.92 Å². The second-order valence-corrected chi connectivity index (χ2v) is 7.91. The number of terminal acetylenes is 1. The molecule has 2 aromatic rings. The molecule has 0 aliphatic carbocycles. The lowest BCUT2D eigenvalue weighted by molar-refractivity contribution is -0.137. The van der Waals surface area contributed by atoms with E-state index in [1.165, 1.54) is 17.7 Å². The van der Waals surface area contributed by atoms with Crippen LogP contribution < -0.4 is 9.64 Å². The largest absolute Gasteiger partial charge is 0.493 e. The van der Waals surface area contributed by atoms with E-state index in [9.17, 15) is 13.2 Å². The van der Waals surface area contributed by atoms with Crippen molar-refractivity contribution in [2.45, 2.75) is 18.5 Å². The van der Waals surface area contributed by atoms with Crippen molar-refractivity contribution in [2.24, 2.45) is 5.92 Å². The van der Waals surface area contributed by atoms with Gasteiger partial charge in [-0.3, -0.25) is 4.90 Å². The van der Waals surface area contributed by atoms with Gasteiger partial charge in [0, 0.05) is 32.2 Å². The van der Waals surface area contributed by atoms with E-state index in [1.807, 2.05) is 14.1 Å². The van der Waals surface area contributed by atoms with Crippen LogP contribution in [-0.4, -0.2) is 45.2 Å². The summed E-state index contributed by atoms with van der Waals surface area (Å²) in [6, 6.07) is 13.4. The Hall–Kier alpha value is -2.65. The van der Waals surface area contributed by atoms with Crippen LogP contribution in [0.25, 0.3) is 0 Å². The summed E-state index contributed by atoms with van der Waals surface area (Å²) in [5.41, 5.74) is 1.72. The first-order valence-electron chi connectivity index (χ1n) is 10.0. The van der Waals surface area contributed by atoms with Gasteiger partial charge in [-0.1, -0.05) is 18.1 Å². The molecule has 0 radical (unpaired) electrons. The van der Waals surface area contributed by atoms with Gasteiger partial charge in [0.1, 0.15) is 5.75 Å². The fourth-order valence-corrected chi connectivity index (χ4v) is 3.95. The molecule has 0 bridgehead atoms. The first kappa shape index (κ1) is 22.0. The number of halogens is 3. The molecule has 1 aliphatic rings. The molecule has 0 amide bonds. The number of benzene rings is 2. The summed E-state index contributed by atoms with van der Waals surface area (Å²) in [6.45, 7) is 2.72. The minimum atomic E-state index is -4.35. The highest BCUT2D eigenvalue weighted by Crippen LogP contribution is 2.35. The van der Waals surface area contributed by atoms with Gasteiger partial charge in [-0.05, 0) is 60.8 Å². The highest BCUT2D eigenvalue weighted by atomic mass is 19.4. The third-order valence-electron chi connectivity index (χ3n) is 5.62. The van der Waals surface area contributed by atoms with E-state index in [0.717, 1.165) is 37.3 Å². The smallest absolute Gasteiger partial charge is 0.416 e. The van der Waals surface area contributed by atoms with Crippen LogP contribution >= 0.6 is 0 Å². The molecule has 0 aromatic heterocycles. The quantitative estimate of drug-likeness (QED) is 0.624. The Labute approximate surface area is 176 Å². The molecule has 3 nitrogen and oxygen atoms in total. The van der Waals surface area contributed by atoms with E-state index in [2.05, 4.69) is 40.0 Å². The monoisotopic (exact) mass is 416 g/mol. The first-order chi connectivity index (χ1) is 14.3. The van der Waals surface area contributed by atoms with Gasteiger partial charge >= 0.3 is 6.18 Å². The van der Waals surface area contributed by atoms with Gasteiger partial charge in [0.15, 0.2) is 0 Å². The standard InChI is InChI=1S/C24H27F3N2O/c1-4-14-29-15-13-23(18-5-9-21(10-6-18)28(2)3)19(16-29)17-30-22-11-7-20(8-12-22)24(25,26)27/h1,5-12,19,23H,13-17H2,2-3H3/t19-,23-/m0/s1. The van der Waals surface area contributed by atoms with Crippen LogP contribution in [-0.2, 0) is 6.18 Å². The second-order valence-electron chi connectivity index (χ2n) is 7.91. The molecule has 0 N–H and O–H groups in total. The van der Waals surface area contributed by atoms with Crippen molar-refractivity contribution < 1.29 is 17.9 Å². The summed E-state index contributed by atoms with van der Waals surface area (Å²) in [5, 5.41) is 0. The predicted octanol–water partition coefficient (Wildman–Crippen LogP) is 4.89. The summed E-state index contributed by atoms with van der Waals surface area (Å²) in [5.74, 6) is 3.65. The minimum absolute atomic E-state index is 0.194. The molecular weight excluding hydrogens is 389 g/mol. The Morgan fingerprint density at radius 1 is 1.10 bits per heavy atom. The van der Waals surface area contributed by atoms with Gasteiger partial charge in [-0.25, -0.2) is 0 Å². The molecule has 0 saturated carbocycles. The van der Waals surface area contributed by atoms with Crippen molar-refractivity contribution in [2.75, 3.05) is 45.2 Å². The average molecular weight is 416 g/mol. The van der Waals surface area contributed by atoms with Gasteiger partial charge in [-0.15, -0.1) is 6.42 Å². The van der Waals surface area contributed by atoms with Gasteiger partial charge in [-0.2, -0.15) is 13.2 Å². The van der Waals surface area contributed by atoms with Gasteiger partial charge < -0.3 is 9.64 Å². The highest BCUT2D eigenvalue weighted by molar-refractivity contribution is 5.46.